The molecule has 2 atom stereocenters. The molecule has 0 N–H and O–H groups in total. The van der Waals surface area contributed by atoms with Crippen LogP contribution >= 0.6 is 0 Å². The smallest absolute Gasteiger partial charge is 0.247 e. The zero-order chi connectivity index (χ0) is 19.0. The van der Waals surface area contributed by atoms with E-state index < -0.39 is 0 Å². The van der Waals surface area contributed by atoms with Crippen LogP contribution in [0.25, 0.3) is 0 Å². The fourth-order valence-corrected chi connectivity index (χ4v) is 4.21. The summed E-state index contributed by atoms with van der Waals surface area (Å²) in [5.74, 6) is 0.506. The largest absolute Gasteiger partial charge is 0.369 e. The molecule has 2 rings (SSSR count). The molecule has 1 radical (unpaired) electrons. The Morgan fingerprint density at radius 2 is 1.64 bits per heavy atom. The number of nitrogens with zero attached hydrogens (tertiary/aromatic N) is 2. The highest BCUT2D eigenvalue weighted by atomic mass is 15.3. The first-order valence-corrected chi connectivity index (χ1v) is 9.89. The normalized spacial score (nSPS) is 21.8. The van der Waals surface area contributed by atoms with Crippen LogP contribution in [0.5, 0.6) is 0 Å². The Kier molecular flexibility index (Phi) is 5.71. The minimum absolute atomic E-state index is 0.164. The van der Waals surface area contributed by atoms with E-state index in [4.69, 9.17) is 0 Å². The molecule has 0 bridgehead atoms. The molecule has 1 aromatic carbocycles. The molecule has 1 aromatic rings. The van der Waals surface area contributed by atoms with Gasteiger partial charge in [0.2, 0.25) is 0 Å². The fraction of sp³-hybridized carbons (Fsp3) is 0.696. The molecular formula is C23H38N2+. The van der Waals surface area contributed by atoms with E-state index in [2.05, 4.69) is 102 Å². The van der Waals surface area contributed by atoms with Crippen LogP contribution in [0, 0.1) is 10.8 Å². The number of anilines is 1. The van der Waals surface area contributed by atoms with Gasteiger partial charge in [-0.05, 0) is 18.4 Å². The van der Waals surface area contributed by atoms with Gasteiger partial charge in [0.1, 0.15) is 17.8 Å². The SMILES string of the molecule is CCC[N+]1=[C]N(c2ccccc2C(C)C)[C@H](C(C)(C)C)[C@H]1C(C)(C)C. The Morgan fingerprint density at radius 1 is 1.04 bits per heavy atom. The molecule has 1 heterocycles. The fourth-order valence-electron chi connectivity index (χ4n) is 4.21. The van der Waals surface area contributed by atoms with Gasteiger partial charge in [0.05, 0.1) is 6.54 Å². The average Bonchev–Trinajstić information content (AvgIpc) is 2.87. The molecule has 0 unspecified atom stereocenters. The third-order valence-corrected chi connectivity index (χ3v) is 5.21. The maximum absolute atomic E-state index is 3.78. The number of para-hydroxylation sites is 1. The maximum Gasteiger partial charge on any atom is 0.369 e. The first-order valence-electron chi connectivity index (χ1n) is 9.89. The molecule has 1 aliphatic heterocycles. The molecular weight excluding hydrogens is 304 g/mol. The second kappa shape index (κ2) is 7.13. The van der Waals surface area contributed by atoms with Crippen LogP contribution in [0.15, 0.2) is 24.3 Å². The first kappa shape index (κ1) is 20.0. The lowest BCUT2D eigenvalue weighted by Gasteiger charge is -2.39. The summed E-state index contributed by atoms with van der Waals surface area (Å²) in [6, 6.07) is 9.72. The number of hydrogen-bond donors (Lipinski definition) is 0. The highest BCUT2D eigenvalue weighted by Crippen LogP contribution is 2.42. The molecule has 0 fully saturated rings. The molecule has 1 aliphatic rings. The van der Waals surface area contributed by atoms with Crippen molar-refractivity contribution in [1.82, 2.24) is 0 Å². The molecule has 2 nitrogen and oxygen atoms in total. The zero-order valence-corrected chi connectivity index (χ0v) is 17.9. The van der Waals surface area contributed by atoms with Crippen molar-refractivity contribution in [2.75, 3.05) is 11.4 Å². The lowest BCUT2D eigenvalue weighted by molar-refractivity contribution is -0.573. The minimum atomic E-state index is 0.164. The summed E-state index contributed by atoms with van der Waals surface area (Å²) in [7, 11) is 0. The minimum Gasteiger partial charge on any atom is -0.247 e. The van der Waals surface area contributed by atoms with Crippen molar-refractivity contribution in [2.24, 2.45) is 10.8 Å². The Morgan fingerprint density at radius 3 is 2.12 bits per heavy atom. The van der Waals surface area contributed by atoms with Crippen LogP contribution < -0.4 is 4.90 Å². The van der Waals surface area contributed by atoms with Gasteiger partial charge >= 0.3 is 6.34 Å². The number of rotatable bonds is 4. The van der Waals surface area contributed by atoms with Gasteiger partial charge in [0.15, 0.2) is 0 Å². The van der Waals surface area contributed by atoms with Crippen molar-refractivity contribution >= 4 is 12.0 Å². The zero-order valence-electron chi connectivity index (χ0n) is 17.9. The quantitative estimate of drug-likeness (QED) is 0.628. The molecule has 0 aliphatic carbocycles. The van der Waals surface area contributed by atoms with Crippen molar-refractivity contribution in [2.45, 2.75) is 86.7 Å². The first-order chi connectivity index (χ1) is 11.5. The van der Waals surface area contributed by atoms with E-state index in [0.717, 1.165) is 13.0 Å². The van der Waals surface area contributed by atoms with Crippen molar-refractivity contribution in [3.05, 3.63) is 29.8 Å². The molecule has 0 spiro atoms. The lowest BCUT2D eigenvalue weighted by Crippen LogP contribution is -2.53. The van der Waals surface area contributed by atoms with E-state index in [1.165, 1.54) is 11.3 Å². The van der Waals surface area contributed by atoms with Gasteiger partial charge < -0.3 is 0 Å². The van der Waals surface area contributed by atoms with E-state index >= 15 is 0 Å². The highest BCUT2D eigenvalue weighted by Gasteiger charge is 2.54. The molecule has 139 valence electrons. The maximum atomic E-state index is 3.78. The summed E-state index contributed by atoms with van der Waals surface area (Å²) < 4.78 is 2.48. The highest BCUT2D eigenvalue weighted by molar-refractivity contribution is 5.81. The topological polar surface area (TPSA) is 6.25 Å². The monoisotopic (exact) mass is 342 g/mol. The van der Waals surface area contributed by atoms with Gasteiger partial charge in [-0.25, -0.2) is 9.48 Å². The predicted octanol–water partition coefficient (Wildman–Crippen LogP) is 5.79. The molecule has 0 saturated carbocycles. The van der Waals surface area contributed by atoms with E-state index in [1.807, 2.05) is 0 Å². The third kappa shape index (κ3) is 4.10. The summed E-state index contributed by atoms with van der Waals surface area (Å²) in [5.41, 5.74) is 3.10. The third-order valence-electron chi connectivity index (χ3n) is 5.21. The van der Waals surface area contributed by atoms with Crippen LogP contribution in [0.2, 0.25) is 0 Å². The molecule has 0 amide bonds. The Bertz CT molecular complexity index is 614. The Balaban J connectivity index is 2.63. The molecule has 25 heavy (non-hydrogen) atoms. The second-order valence-electron chi connectivity index (χ2n) is 10.00. The van der Waals surface area contributed by atoms with Crippen LogP contribution in [0.4, 0.5) is 5.69 Å². The molecule has 0 aromatic heterocycles. The lowest BCUT2D eigenvalue weighted by atomic mass is 9.72. The van der Waals surface area contributed by atoms with Crippen LogP contribution in [-0.2, 0) is 0 Å². The van der Waals surface area contributed by atoms with Gasteiger partial charge in [-0.3, -0.25) is 0 Å². The average molecular weight is 343 g/mol. The summed E-state index contributed by atoms with van der Waals surface area (Å²) in [4.78, 5) is 2.46. The van der Waals surface area contributed by atoms with Crippen LogP contribution in [-0.4, -0.2) is 29.5 Å². The van der Waals surface area contributed by atoms with Gasteiger partial charge in [0, 0.05) is 16.4 Å². The predicted molar refractivity (Wildman–Crippen MR) is 110 cm³/mol. The van der Waals surface area contributed by atoms with Crippen molar-refractivity contribution in [3.8, 4) is 0 Å². The second-order valence-corrected chi connectivity index (χ2v) is 10.00. The van der Waals surface area contributed by atoms with E-state index in [-0.39, 0.29) is 10.8 Å². The summed E-state index contributed by atoms with van der Waals surface area (Å²) in [6.07, 6.45) is 4.93. The van der Waals surface area contributed by atoms with E-state index in [0.29, 0.717) is 18.0 Å². The van der Waals surface area contributed by atoms with Crippen molar-refractivity contribution in [1.29, 1.82) is 0 Å². The molecule has 0 saturated heterocycles. The summed E-state index contributed by atoms with van der Waals surface area (Å²) in [6.45, 7) is 22.1. The van der Waals surface area contributed by atoms with Crippen LogP contribution in [0.1, 0.15) is 80.2 Å². The van der Waals surface area contributed by atoms with Gasteiger partial charge in [0.25, 0.3) is 0 Å². The summed E-state index contributed by atoms with van der Waals surface area (Å²) >= 11 is 0. The molecule has 2 heteroatoms. The van der Waals surface area contributed by atoms with Gasteiger partial charge in [-0.15, -0.1) is 0 Å². The number of hydrogen-bond acceptors (Lipinski definition) is 1. The van der Waals surface area contributed by atoms with E-state index in [1.54, 1.807) is 0 Å². The van der Waals surface area contributed by atoms with Crippen molar-refractivity contribution in [3.63, 3.8) is 0 Å². The Labute approximate surface area is 155 Å². The standard InChI is InChI=1S/C23H38N2/c1-10-15-24-16-25(19-14-12-11-13-18(19)17(2)3)21(23(7,8)9)20(24)22(4,5)6/h11-14,17,20-21H,10,15H2,1-9H3/q+1/t20-,21-/m0/s1. The Hall–Kier alpha value is -1.31. The van der Waals surface area contributed by atoms with Gasteiger partial charge in [-0.2, -0.15) is 0 Å². The number of benzene rings is 1. The summed E-state index contributed by atoms with van der Waals surface area (Å²) in [5, 5.41) is 0. The van der Waals surface area contributed by atoms with E-state index in [9.17, 15) is 0 Å². The van der Waals surface area contributed by atoms with Crippen molar-refractivity contribution < 1.29 is 4.58 Å². The van der Waals surface area contributed by atoms with Crippen LogP contribution in [0.3, 0.4) is 0 Å². The van der Waals surface area contributed by atoms with Gasteiger partial charge in [-0.1, -0.05) is 80.5 Å².